The molecular formula is C10H16N2O2S2. The van der Waals surface area contributed by atoms with Crippen LogP contribution in [0.2, 0.25) is 0 Å². The largest absolute Gasteiger partial charge is 0.352 e. The SMILES string of the molecule is CC(C)(C)C(=O)NC(=S)N[C@@H]1CCSC1=O. The van der Waals surface area contributed by atoms with Crippen molar-refractivity contribution in [3.63, 3.8) is 0 Å². The van der Waals surface area contributed by atoms with Gasteiger partial charge in [0.05, 0.1) is 6.04 Å². The standard InChI is InChI=1S/C10H16N2O2S2/c1-10(2,3)8(14)12-9(15)11-6-4-5-16-7(6)13/h6H,4-5H2,1-3H3,(H2,11,12,14,15)/t6-/m1/s1. The normalized spacial score (nSPS) is 20.7. The van der Waals surface area contributed by atoms with E-state index in [0.717, 1.165) is 12.2 Å². The molecule has 1 fully saturated rings. The number of amides is 1. The summed E-state index contributed by atoms with van der Waals surface area (Å²) in [4.78, 5) is 22.9. The van der Waals surface area contributed by atoms with Gasteiger partial charge in [0.25, 0.3) is 0 Å². The summed E-state index contributed by atoms with van der Waals surface area (Å²) in [6, 6.07) is -0.252. The molecule has 0 aromatic rings. The molecule has 2 N–H and O–H groups in total. The molecule has 4 nitrogen and oxygen atoms in total. The van der Waals surface area contributed by atoms with Gasteiger partial charge in [-0.05, 0) is 18.6 Å². The first-order valence-corrected chi connectivity index (χ1v) is 6.48. The van der Waals surface area contributed by atoms with Gasteiger partial charge < -0.3 is 10.6 Å². The van der Waals surface area contributed by atoms with Crippen LogP contribution in [-0.4, -0.2) is 27.9 Å². The second-order valence-electron chi connectivity index (χ2n) is 4.69. The van der Waals surface area contributed by atoms with Crippen LogP contribution < -0.4 is 10.6 Å². The van der Waals surface area contributed by atoms with Gasteiger partial charge >= 0.3 is 0 Å². The van der Waals surface area contributed by atoms with Gasteiger partial charge in [0.15, 0.2) is 5.11 Å². The molecule has 1 atom stereocenters. The lowest BCUT2D eigenvalue weighted by atomic mass is 9.96. The Labute approximate surface area is 105 Å². The van der Waals surface area contributed by atoms with Crippen molar-refractivity contribution in [3.8, 4) is 0 Å². The molecule has 0 spiro atoms. The van der Waals surface area contributed by atoms with Crippen molar-refractivity contribution in [1.82, 2.24) is 10.6 Å². The van der Waals surface area contributed by atoms with Gasteiger partial charge in [-0.1, -0.05) is 32.5 Å². The van der Waals surface area contributed by atoms with Crippen molar-refractivity contribution in [2.45, 2.75) is 33.2 Å². The lowest BCUT2D eigenvalue weighted by molar-refractivity contribution is -0.127. The maximum Gasteiger partial charge on any atom is 0.231 e. The number of hydrogen-bond donors (Lipinski definition) is 2. The van der Waals surface area contributed by atoms with Crippen LogP contribution in [0.3, 0.4) is 0 Å². The Hall–Kier alpha value is -0.620. The van der Waals surface area contributed by atoms with Crippen LogP contribution in [0.15, 0.2) is 0 Å². The third-order valence-electron chi connectivity index (χ3n) is 2.15. The number of hydrogen-bond acceptors (Lipinski definition) is 4. The van der Waals surface area contributed by atoms with Gasteiger partial charge in [0, 0.05) is 11.2 Å². The molecule has 0 radical (unpaired) electrons. The summed E-state index contributed by atoms with van der Waals surface area (Å²) in [6.07, 6.45) is 0.759. The van der Waals surface area contributed by atoms with E-state index in [1.54, 1.807) is 0 Å². The molecule has 1 amide bonds. The first kappa shape index (κ1) is 13.4. The Kier molecular flexibility index (Phi) is 4.32. The minimum atomic E-state index is -0.486. The molecule has 0 unspecified atom stereocenters. The highest BCUT2D eigenvalue weighted by molar-refractivity contribution is 8.14. The average molecular weight is 260 g/mol. The second-order valence-corrected chi connectivity index (χ2v) is 6.19. The van der Waals surface area contributed by atoms with Gasteiger partial charge in [0.2, 0.25) is 11.0 Å². The minimum Gasteiger partial charge on any atom is -0.352 e. The first-order chi connectivity index (χ1) is 7.30. The number of thioether (sulfide) groups is 1. The Morgan fingerprint density at radius 2 is 2.12 bits per heavy atom. The van der Waals surface area contributed by atoms with Crippen molar-refractivity contribution in [2.75, 3.05) is 5.75 Å². The summed E-state index contributed by atoms with van der Waals surface area (Å²) >= 11 is 6.28. The fourth-order valence-electron chi connectivity index (χ4n) is 1.11. The molecular weight excluding hydrogens is 244 g/mol. The zero-order valence-corrected chi connectivity index (χ0v) is 11.3. The van der Waals surface area contributed by atoms with Crippen molar-refractivity contribution in [3.05, 3.63) is 0 Å². The summed E-state index contributed by atoms with van der Waals surface area (Å²) in [5.74, 6) is 0.662. The van der Waals surface area contributed by atoms with Crippen LogP contribution in [0.1, 0.15) is 27.2 Å². The van der Waals surface area contributed by atoms with Crippen LogP contribution in [0.25, 0.3) is 0 Å². The lowest BCUT2D eigenvalue weighted by Gasteiger charge is -2.19. The number of rotatable bonds is 1. The predicted molar refractivity (Wildman–Crippen MR) is 69.2 cm³/mol. The number of carbonyl (C=O) groups is 2. The molecule has 1 rings (SSSR count). The van der Waals surface area contributed by atoms with E-state index in [4.69, 9.17) is 12.2 Å². The summed E-state index contributed by atoms with van der Waals surface area (Å²) in [6.45, 7) is 5.42. The molecule has 1 aliphatic rings. The van der Waals surface area contributed by atoms with Crippen LogP contribution in [0.5, 0.6) is 0 Å². The molecule has 0 aliphatic carbocycles. The molecule has 1 heterocycles. The zero-order valence-electron chi connectivity index (χ0n) is 9.62. The van der Waals surface area contributed by atoms with Crippen molar-refractivity contribution in [2.24, 2.45) is 5.41 Å². The van der Waals surface area contributed by atoms with Gasteiger partial charge in [-0.2, -0.15) is 0 Å². The number of nitrogens with one attached hydrogen (secondary N) is 2. The Balaban J connectivity index is 2.42. The van der Waals surface area contributed by atoms with Crippen LogP contribution in [0.4, 0.5) is 0 Å². The highest BCUT2D eigenvalue weighted by Gasteiger charge is 2.27. The first-order valence-electron chi connectivity index (χ1n) is 5.09. The third kappa shape index (κ3) is 3.75. The highest BCUT2D eigenvalue weighted by atomic mass is 32.2. The topological polar surface area (TPSA) is 58.2 Å². The number of thiocarbonyl (C=S) groups is 1. The Morgan fingerprint density at radius 3 is 2.56 bits per heavy atom. The van der Waals surface area contributed by atoms with Gasteiger partial charge in [-0.15, -0.1) is 0 Å². The minimum absolute atomic E-state index is 0.0901. The third-order valence-corrected chi connectivity index (χ3v) is 3.38. The van der Waals surface area contributed by atoms with Gasteiger partial charge in [-0.3, -0.25) is 9.59 Å². The predicted octanol–water partition coefficient (Wildman–Crippen LogP) is 1.06. The molecule has 16 heavy (non-hydrogen) atoms. The smallest absolute Gasteiger partial charge is 0.231 e. The van der Waals surface area contributed by atoms with E-state index < -0.39 is 5.41 Å². The summed E-state index contributed by atoms with van der Waals surface area (Å²) in [5, 5.41) is 5.77. The number of carbonyl (C=O) groups excluding carboxylic acids is 2. The summed E-state index contributed by atoms with van der Waals surface area (Å²) < 4.78 is 0. The fourth-order valence-corrected chi connectivity index (χ4v) is 2.28. The van der Waals surface area contributed by atoms with Crippen molar-refractivity contribution in [1.29, 1.82) is 0 Å². The Bertz CT molecular complexity index is 323. The Morgan fingerprint density at radius 1 is 1.50 bits per heavy atom. The maximum atomic E-state index is 11.6. The molecule has 1 aliphatic heterocycles. The van der Waals surface area contributed by atoms with Crippen LogP contribution in [-0.2, 0) is 9.59 Å². The lowest BCUT2D eigenvalue weighted by Crippen LogP contribution is -2.48. The second kappa shape index (κ2) is 5.14. The van der Waals surface area contributed by atoms with E-state index in [0.29, 0.717) is 0 Å². The van der Waals surface area contributed by atoms with Crippen LogP contribution >= 0.6 is 24.0 Å². The molecule has 0 aromatic heterocycles. The van der Waals surface area contributed by atoms with E-state index in [1.807, 2.05) is 20.8 Å². The van der Waals surface area contributed by atoms with E-state index in [2.05, 4.69) is 10.6 Å². The van der Waals surface area contributed by atoms with E-state index >= 15 is 0 Å². The average Bonchev–Trinajstić information content (AvgIpc) is 2.50. The van der Waals surface area contributed by atoms with E-state index in [1.165, 1.54) is 11.8 Å². The monoisotopic (exact) mass is 260 g/mol. The van der Waals surface area contributed by atoms with Gasteiger partial charge in [0.1, 0.15) is 0 Å². The van der Waals surface area contributed by atoms with E-state index in [9.17, 15) is 9.59 Å². The molecule has 0 bridgehead atoms. The molecule has 6 heteroatoms. The summed E-state index contributed by atoms with van der Waals surface area (Å²) in [5.41, 5.74) is -0.486. The highest BCUT2D eigenvalue weighted by Crippen LogP contribution is 2.19. The maximum absolute atomic E-state index is 11.6. The molecule has 1 saturated heterocycles. The molecule has 0 aromatic carbocycles. The van der Waals surface area contributed by atoms with E-state index in [-0.39, 0.29) is 22.2 Å². The van der Waals surface area contributed by atoms with Crippen molar-refractivity contribution < 1.29 is 9.59 Å². The summed E-state index contributed by atoms with van der Waals surface area (Å²) in [7, 11) is 0. The fraction of sp³-hybridized carbons (Fsp3) is 0.700. The quantitative estimate of drug-likeness (QED) is 0.690. The molecule has 90 valence electrons. The van der Waals surface area contributed by atoms with Crippen molar-refractivity contribution >= 4 is 40.1 Å². The zero-order chi connectivity index (χ0) is 12.3. The van der Waals surface area contributed by atoms with Gasteiger partial charge in [-0.25, -0.2) is 0 Å². The van der Waals surface area contributed by atoms with Crippen LogP contribution in [0, 0.1) is 5.41 Å². The molecule has 0 saturated carbocycles.